The SMILES string of the molecule is Cc1nn(C)c(C)c1C(C)NC(=O)c1ccc(N2CC(C)OC(C)C2)nc1. The molecule has 2 aromatic heterocycles. The van der Waals surface area contributed by atoms with Crippen molar-refractivity contribution in [2.75, 3.05) is 18.0 Å². The van der Waals surface area contributed by atoms with Crippen LogP contribution in [0.15, 0.2) is 18.3 Å². The first-order valence-electron chi connectivity index (χ1n) is 9.43. The molecule has 0 bridgehead atoms. The molecule has 27 heavy (non-hydrogen) atoms. The average molecular weight is 371 g/mol. The molecule has 2 aromatic rings. The minimum Gasteiger partial charge on any atom is -0.372 e. The Kier molecular flexibility index (Phi) is 5.51. The van der Waals surface area contributed by atoms with Gasteiger partial charge in [-0.15, -0.1) is 0 Å². The number of pyridine rings is 1. The lowest BCUT2D eigenvalue weighted by atomic mass is 10.1. The highest BCUT2D eigenvalue weighted by Crippen LogP contribution is 2.22. The highest BCUT2D eigenvalue weighted by atomic mass is 16.5. The maximum absolute atomic E-state index is 12.6. The van der Waals surface area contributed by atoms with Crippen molar-refractivity contribution in [1.29, 1.82) is 0 Å². The van der Waals surface area contributed by atoms with Crippen LogP contribution in [0.1, 0.15) is 54.1 Å². The summed E-state index contributed by atoms with van der Waals surface area (Å²) in [5.74, 6) is 0.744. The first kappa shape index (κ1) is 19.4. The van der Waals surface area contributed by atoms with Gasteiger partial charge in [0.15, 0.2) is 0 Å². The average Bonchev–Trinajstić information content (AvgIpc) is 2.86. The predicted molar refractivity (Wildman–Crippen MR) is 105 cm³/mol. The van der Waals surface area contributed by atoms with E-state index >= 15 is 0 Å². The number of nitrogens with one attached hydrogen (secondary N) is 1. The first-order valence-corrected chi connectivity index (χ1v) is 9.43. The van der Waals surface area contributed by atoms with Gasteiger partial charge in [0.25, 0.3) is 5.91 Å². The van der Waals surface area contributed by atoms with Gasteiger partial charge in [0.05, 0.1) is 29.5 Å². The number of aryl methyl sites for hydroxylation is 2. The number of rotatable bonds is 4. The number of ether oxygens (including phenoxy) is 1. The lowest BCUT2D eigenvalue weighted by molar-refractivity contribution is -0.00546. The van der Waals surface area contributed by atoms with E-state index in [0.29, 0.717) is 5.56 Å². The zero-order chi connectivity index (χ0) is 19.7. The Morgan fingerprint density at radius 2 is 1.93 bits per heavy atom. The normalized spacial score (nSPS) is 21.2. The second-order valence-electron chi connectivity index (χ2n) is 7.47. The van der Waals surface area contributed by atoms with E-state index in [4.69, 9.17) is 4.74 Å². The standard InChI is InChI=1S/C20H29N5O2/c1-12-10-25(11-13(2)27-12)18-8-7-17(9-21-18)20(26)22-14(3)19-15(4)23-24(6)16(19)5/h7-9,12-14H,10-11H2,1-6H3,(H,22,26). The lowest BCUT2D eigenvalue weighted by Crippen LogP contribution is -2.45. The number of amides is 1. The van der Waals surface area contributed by atoms with Crippen LogP contribution in [0.3, 0.4) is 0 Å². The molecule has 1 aliphatic rings. The molecule has 3 unspecified atom stereocenters. The van der Waals surface area contributed by atoms with E-state index < -0.39 is 0 Å². The number of morpholine rings is 1. The van der Waals surface area contributed by atoms with Gasteiger partial charge in [-0.3, -0.25) is 9.48 Å². The second kappa shape index (κ2) is 7.68. The Balaban J connectivity index is 1.69. The number of carbonyl (C=O) groups is 1. The van der Waals surface area contributed by atoms with Gasteiger partial charge in [-0.1, -0.05) is 0 Å². The number of nitrogens with zero attached hydrogens (tertiary/aromatic N) is 4. The molecule has 1 amide bonds. The van der Waals surface area contributed by atoms with Crippen molar-refractivity contribution in [3.8, 4) is 0 Å². The summed E-state index contributed by atoms with van der Waals surface area (Å²) in [5.41, 5.74) is 3.61. The van der Waals surface area contributed by atoms with Crippen LogP contribution in [0, 0.1) is 13.8 Å². The number of anilines is 1. The second-order valence-corrected chi connectivity index (χ2v) is 7.47. The van der Waals surface area contributed by atoms with E-state index in [0.717, 1.165) is 35.9 Å². The van der Waals surface area contributed by atoms with Gasteiger partial charge in [-0.25, -0.2) is 4.98 Å². The Morgan fingerprint density at radius 3 is 2.44 bits per heavy atom. The van der Waals surface area contributed by atoms with Crippen LogP contribution in [0.5, 0.6) is 0 Å². The van der Waals surface area contributed by atoms with E-state index in [2.05, 4.69) is 34.1 Å². The molecule has 0 aliphatic carbocycles. The molecule has 1 fully saturated rings. The summed E-state index contributed by atoms with van der Waals surface area (Å²) in [6, 6.07) is 3.62. The molecule has 3 heterocycles. The van der Waals surface area contributed by atoms with Gasteiger partial charge in [-0.2, -0.15) is 5.10 Å². The smallest absolute Gasteiger partial charge is 0.253 e. The van der Waals surface area contributed by atoms with Gasteiger partial charge in [0.1, 0.15) is 5.82 Å². The Morgan fingerprint density at radius 1 is 1.26 bits per heavy atom. The largest absolute Gasteiger partial charge is 0.372 e. The molecule has 146 valence electrons. The molecule has 1 N–H and O–H groups in total. The topological polar surface area (TPSA) is 72.3 Å². The van der Waals surface area contributed by atoms with E-state index in [1.165, 1.54) is 0 Å². The third-order valence-corrected chi connectivity index (χ3v) is 5.10. The van der Waals surface area contributed by atoms with Gasteiger partial charge >= 0.3 is 0 Å². The van der Waals surface area contributed by atoms with Crippen LogP contribution in [-0.2, 0) is 11.8 Å². The van der Waals surface area contributed by atoms with Crippen LogP contribution >= 0.6 is 0 Å². The fourth-order valence-corrected chi connectivity index (χ4v) is 3.84. The van der Waals surface area contributed by atoms with Crippen molar-refractivity contribution in [3.63, 3.8) is 0 Å². The Hall–Kier alpha value is -2.41. The Bertz CT molecular complexity index is 805. The van der Waals surface area contributed by atoms with Gasteiger partial charge in [0.2, 0.25) is 0 Å². The molecule has 7 heteroatoms. The van der Waals surface area contributed by atoms with Crippen LogP contribution in [0.4, 0.5) is 5.82 Å². The number of hydrogen-bond acceptors (Lipinski definition) is 5. The molecule has 7 nitrogen and oxygen atoms in total. The first-order chi connectivity index (χ1) is 12.8. The van der Waals surface area contributed by atoms with Gasteiger partial charge in [-0.05, 0) is 46.8 Å². The third-order valence-electron chi connectivity index (χ3n) is 5.10. The Labute approximate surface area is 160 Å². The zero-order valence-corrected chi connectivity index (χ0v) is 17.0. The van der Waals surface area contributed by atoms with Crippen LogP contribution in [0.2, 0.25) is 0 Å². The fourth-order valence-electron chi connectivity index (χ4n) is 3.84. The predicted octanol–water partition coefficient (Wildman–Crippen LogP) is 2.54. The molecule has 0 radical (unpaired) electrons. The number of aromatic nitrogens is 3. The summed E-state index contributed by atoms with van der Waals surface area (Å²) >= 11 is 0. The molecule has 1 aliphatic heterocycles. The summed E-state index contributed by atoms with van der Waals surface area (Å²) in [6.07, 6.45) is 1.99. The fraction of sp³-hybridized carbons (Fsp3) is 0.550. The molecule has 3 atom stereocenters. The van der Waals surface area contributed by atoms with E-state index in [-0.39, 0.29) is 24.2 Å². The van der Waals surface area contributed by atoms with Crippen LogP contribution in [-0.4, -0.2) is 46.0 Å². The van der Waals surface area contributed by atoms with Gasteiger partial charge in [0, 0.05) is 37.6 Å². The molecule has 1 saturated heterocycles. The third kappa shape index (κ3) is 4.13. The van der Waals surface area contributed by atoms with Gasteiger partial charge < -0.3 is 15.0 Å². The number of hydrogen-bond donors (Lipinski definition) is 1. The number of carbonyl (C=O) groups excluding carboxylic acids is 1. The van der Waals surface area contributed by atoms with Crippen molar-refractivity contribution in [2.24, 2.45) is 7.05 Å². The maximum atomic E-state index is 12.6. The zero-order valence-electron chi connectivity index (χ0n) is 17.0. The van der Waals surface area contributed by atoms with E-state index in [9.17, 15) is 4.79 Å². The lowest BCUT2D eigenvalue weighted by Gasteiger charge is -2.36. The molecule has 0 spiro atoms. The maximum Gasteiger partial charge on any atom is 0.253 e. The highest BCUT2D eigenvalue weighted by molar-refractivity contribution is 5.94. The highest BCUT2D eigenvalue weighted by Gasteiger charge is 2.23. The molecule has 3 rings (SSSR count). The minimum absolute atomic E-state index is 0.119. The molecule has 0 aromatic carbocycles. The van der Waals surface area contributed by atoms with Crippen molar-refractivity contribution < 1.29 is 9.53 Å². The quantitative estimate of drug-likeness (QED) is 0.894. The van der Waals surface area contributed by atoms with Crippen LogP contribution < -0.4 is 10.2 Å². The van der Waals surface area contributed by atoms with Crippen molar-refractivity contribution >= 4 is 11.7 Å². The van der Waals surface area contributed by atoms with E-state index in [1.54, 1.807) is 6.20 Å². The summed E-state index contributed by atoms with van der Waals surface area (Å²) in [4.78, 5) is 19.3. The monoisotopic (exact) mass is 371 g/mol. The summed E-state index contributed by atoms with van der Waals surface area (Å²) in [5, 5.41) is 7.48. The van der Waals surface area contributed by atoms with Crippen molar-refractivity contribution in [2.45, 2.75) is 52.9 Å². The van der Waals surface area contributed by atoms with Crippen molar-refractivity contribution in [3.05, 3.63) is 40.8 Å². The van der Waals surface area contributed by atoms with E-state index in [1.807, 2.05) is 44.6 Å². The summed E-state index contributed by atoms with van der Waals surface area (Å²) in [6.45, 7) is 11.7. The molecular weight excluding hydrogens is 342 g/mol. The molecule has 0 saturated carbocycles. The summed E-state index contributed by atoms with van der Waals surface area (Å²) in [7, 11) is 1.91. The minimum atomic E-state index is -0.132. The van der Waals surface area contributed by atoms with Crippen LogP contribution in [0.25, 0.3) is 0 Å². The molecular formula is C20H29N5O2. The summed E-state index contributed by atoms with van der Waals surface area (Å²) < 4.78 is 7.61. The van der Waals surface area contributed by atoms with Crippen molar-refractivity contribution in [1.82, 2.24) is 20.1 Å².